The number of nitrogens with one attached hydrogen (secondary N) is 3. The van der Waals surface area contributed by atoms with Gasteiger partial charge in [-0.25, -0.2) is 0 Å². The van der Waals surface area contributed by atoms with Gasteiger partial charge in [-0.15, -0.1) is 0 Å². The third kappa shape index (κ3) is 5.28. The molecule has 0 aliphatic heterocycles. The van der Waals surface area contributed by atoms with E-state index in [1.165, 1.54) is 6.42 Å². The number of aromatic nitrogens is 3. The number of hydrogen-bond donors (Lipinski definition) is 3. The van der Waals surface area contributed by atoms with Crippen molar-refractivity contribution >= 4 is 24.0 Å². The first kappa shape index (κ1) is 20.3. The van der Waals surface area contributed by atoms with Crippen LogP contribution in [0.5, 0.6) is 0 Å². The van der Waals surface area contributed by atoms with Gasteiger partial charge in [0.25, 0.3) is 0 Å². The first-order chi connectivity index (χ1) is 13.5. The van der Waals surface area contributed by atoms with Crippen LogP contribution in [-0.2, 0) is 16.1 Å². The standard InChI is InChI=1S/C20H27N5O2S/c1-14-6-5-9-16(12-14)18-23-24-20(28)25(18)13-17(26)21-10-11-22-19(27)15-7-3-2-4-8-15/h5-6,9,12,15H,2-4,7-8,10-11,13H2,1H3,(H,21,26)(H,22,27)(H,24,28). The Morgan fingerprint density at radius 2 is 1.96 bits per heavy atom. The number of hydrogen-bond acceptors (Lipinski definition) is 4. The second-order valence-corrected chi connectivity index (χ2v) is 7.67. The molecule has 2 aromatic rings. The monoisotopic (exact) mass is 401 g/mol. The van der Waals surface area contributed by atoms with Crippen molar-refractivity contribution in [3.05, 3.63) is 34.6 Å². The Morgan fingerprint density at radius 1 is 1.21 bits per heavy atom. The van der Waals surface area contributed by atoms with E-state index in [1.54, 1.807) is 4.57 Å². The van der Waals surface area contributed by atoms with Crippen molar-refractivity contribution in [1.29, 1.82) is 0 Å². The van der Waals surface area contributed by atoms with Gasteiger partial charge < -0.3 is 10.6 Å². The average molecular weight is 402 g/mol. The summed E-state index contributed by atoms with van der Waals surface area (Å²) in [5.41, 5.74) is 2.01. The Balaban J connectivity index is 1.49. The molecular formula is C20H27N5O2S. The maximum atomic E-state index is 12.3. The molecule has 1 aromatic carbocycles. The number of nitrogens with zero attached hydrogens (tertiary/aromatic N) is 2. The van der Waals surface area contributed by atoms with Gasteiger partial charge in [-0.2, -0.15) is 5.10 Å². The molecule has 150 valence electrons. The summed E-state index contributed by atoms with van der Waals surface area (Å²) in [5, 5.41) is 12.8. The summed E-state index contributed by atoms with van der Waals surface area (Å²) in [6.07, 6.45) is 5.42. The fourth-order valence-electron chi connectivity index (χ4n) is 3.57. The molecule has 28 heavy (non-hydrogen) atoms. The molecule has 8 heteroatoms. The van der Waals surface area contributed by atoms with E-state index in [1.807, 2.05) is 31.2 Å². The van der Waals surface area contributed by atoms with Gasteiger partial charge in [-0.1, -0.05) is 43.0 Å². The second-order valence-electron chi connectivity index (χ2n) is 7.28. The zero-order chi connectivity index (χ0) is 19.9. The molecule has 1 fully saturated rings. The van der Waals surface area contributed by atoms with Crippen molar-refractivity contribution in [3.63, 3.8) is 0 Å². The molecule has 0 radical (unpaired) electrons. The molecule has 1 aliphatic rings. The van der Waals surface area contributed by atoms with Crippen LogP contribution in [0.1, 0.15) is 37.7 Å². The minimum atomic E-state index is -0.168. The number of benzene rings is 1. The predicted molar refractivity (Wildman–Crippen MR) is 110 cm³/mol. The van der Waals surface area contributed by atoms with Gasteiger partial charge in [0, 0.05) is 24.6 Å². The van der Waals surface area contributed by atoms with Crippen molar-refractivity contribution in [2.75, 3.05) is 13.1 Å². The summed E-state index contributed by atoms with van der Waals surface area (Å²) in [4.78, 5) is 24.4. The van der Waals surface area contributed by atoms with Crippen molar-refractivity contribution in [3.8, 4) is 11.4 Å². The van der Waals surface area contributed by atoms with E-state index in [0.29, 0.717) is 23.7 Å². The summed E-state index contributed by atoms with van der Waals surface area (Å²) in [6, 6.07) is 7.89. The lowest BCUT2D eigenvalue weighted by molar-refractivity contribution is -0.126. The number of amides is 2. The fourth-order valence-corrected chi connectivity index (χ4v) is 3.76. The van der Waals surface area contributed by atoms with Crippen LogP contribution in [0.25, 0.3) is 11.4 Å². The van der Waals surface area contributed by atoms with Gasteiger partial charge in [-0.05, 0) is 38.0 Å². The van der Waals surface area contributed by atoms with Crippen LogP contribution in [0, 0.1) is 17.6 Å². The van der Waals surface area contributed by atoms with Gasteiger partial charge in [0.2, 0.25) is 11.8 Å². The summed E-state index contributed by atoms with van der Waals surface area (Å²) in [5.74, 6) is 0.700. The Bertz CT molecular complexity index is 883. The van der Waals surface area contributed by atoms with E-state index < -0.39 is 0 Å². The number of carbonyl (C=O) groups is 2. The van der Waals surface area contributed by atoms with Crippen LogP contribution in [0.2, 0.25) is 0 Å². The lowest BCUT2D eigenvalue weighted by Gasteiger charge is -2.20. The van der Waals surface area contributed by atoms with Crippen LogP contribution in [0.15, 0.2) is 24.3 Å². The summed E-state index contributed by atoms with van der Waals surface area (Å²) < 4.78 is 2.08. The number of rotatable bonds is 7. The molecule has 2 amide bonds. The fraction of sp³-hybridized carbons (Fsp3) is 0.500. The van der Waals surface area contributed by atoms with Crippen LogP contribution in [0.4, 0.5) is 0 Å². The van der Waals surface area contributed by atoms with Gasteiger partial charge in [0.1, 0.15) is 6.54 Å². The van der Waals surface area contributed by atoms with Crippen molar-refractivity contribution in [1.82, 2.24) is 25.4 Å². The highest BCUT2D eigenvalue weighted by atomic mass is 32.1. The van der Waals surface area contributed by atoms with Crippen molar-refractivity contribution in [2.45, 2.75) is 45.6 Å². The quantitative estimate of drug-likeness (QED) is 0.491. The summed E-state index contributed by atoms with van der Waals surface area (Å²) in [6.45, 7) is 2.91. The Kier molecular flexibility index (Phi) is 6.97. The zero-order valence-electron chi connectivity index (χ0n) is 16.2. The normalized spacial score (nSPS) is 14.6. The highest BCUT2D eigenvalue weighted by Crippen LogP contribution is 2.23. The largest absolute Gasteiger partial charge is 0.354 e. The molecule has 0 saturated heterocycles. The first-order valence-corrected chi connectivity index (χ1v) is 10.2. The van der Waals surface area contributed by atoms with E-state index in [0.717, 1.165) is 36.8 Å². The second kappa shape index (κ2) is 9.64. The summed E-state index contributed by atoms with van der Waals surface area (Å²) in [7, 11) is 0. The van der Waals surface area contributed by atoms with E-state index in [2.05, 4.69) is 20.8 Å². The number of aromatic amines is 1. The Labute approximate surface area is 169 Å². The van der Waals surface area contributed by atoms with Gasteiger partial charge in [0.15, 0.2) is 10.6 Å². The Hall–Kier alpha value is -2.48. The SMILES string of the molecule is Cc1cccc(-c2n[nH]c(=S)n2CC(=O)NCCNC(=O)C2CCCCC2)c1. The maximum Gasteiger partial charge on any atom is 0.240 e. The van der Waals surface area contributed by atoms with Crippen LogP contribution in [0.3, 0.4) is 0 Å². The van der Waals surface area contributed by atoms with Gasteiger partial charge >= 0.3 is 0 Å². The van der Waals surface area contributed by atoms with E-state index >= 15 is 0 Å². The molecule has 0 unspecified atom stereocenters. The summed E-state index contributed by atoms with van der Waals surface area (Å²) >= 11 is 5.27. The molecule has 0 atom stereocenters. The van der Waals surface area contributed by atoms with E-state index in [-0.39, 0.29) is 24.3 Å². The lowest BCUT2D eigenvalue weighted by Crippen LogP contribution is -2.39. The molecular weight excluding hydrogens is 374 g/mol. The maximum absolute atomic E-state index is 12.3. The first-order valence-electron chi connectivity index (χ1n) is 9.81. The zero-order valence-corrected chi connectivity index (χ0v) is 17.0. The Morgan fingerprint density at radius 3 is 2.71 bits per heavy atom. The van der Waals surface area contributed by atoms with E-state index in [9.17, 15) is 9.59 Å². The molecule has 1 saturated carbocycles. The van der Waals surface area contributed by atoms with Gasteiger partial charge in [0.05, 0.1) is 0 Å². The minimum Gasteiger partial charge on any atom is -0.354 e. The molecule has 0 spiro atoms. The molecule has 1 heterocycles. The molecule has 3 rings (SSSR count). The molecule has 1 aliphatic carbocycles. The molecule has 3 N–H and O–H groups in total. The van der Waals surface area contributed by atoms with Crippen molar-refractivity contribution in [2.24, 2.45) is 5.92 Å². The number of carbonyl (C=O) groups excluding carboxylic acids is 2. The van der Waals surface area contributed by atoms with Crippen LogP contribution < -0.4 is 10.6 Å². The number of H-pyrrole nitrogens is 1. The average Bonchev–Trinajstić information content (AvgIpc) is 3.06. The molecule has 1 aromatic heterocycles. The van der Waals surface area contributed by atoms with Crippen molar-refractivity contribution < 1.29 is 9.59 Å². The topological polar surface area (TPSA) is 91.8 Å². The molecule has 0 bridgehead atoms. The third-order valence-corrected chi connectivity index (χ3v) is 5.37. The predicted octanol–water partition coefficient (Wildman–Crippen LogP) is 2.73. The highest BCUT2D eigenvalue weighted by molar-refractivity contribution is 7.71. The van der Waals surface area contributed by atoms with Crippen LogP contribution >= 0.6 is 12.2 Å². The minimum absolute atomic E-state index is 0.0786. The van der Waals surface area contributed by atoms with Gasteiger partial charge in [-0.3, -0.25) is 19.3 Å². The third-order valence-electron chi connectivity index (χ3n) is 5.06. The highest BCUT2D eigenvalue weighted by Gasteiger charge is 2.20. The van der Waals surface area contributed by atoms with Crippen LogP contribution in [-0.4, -0.2) is 39.7 Å². The van der Waals surface area contributed by atoms with E-state index in [4.69, 9.17) is 12.2 Å². The number of aryl methyl sites for hydroxylation is 1. The molecule has 7 nitrogen and oxygen atoms in total. The lowest BCUT2D eigenvalue weighted by atomic mass is 9.89. The smallest absolute Gasteiger partial charge is 0.240 e.